The summed E-state index contributed by atoms with van der Waals surface area (Å²) in [6, 6.07) is 12.8. The minimum absolute atomic E-state index is 0.297. The number of nitrogens with zero attached hydrogens (tertiary/aromatic N) is 1. The largest absolute Gasteiger partial charge is 0.379 e. The Labute approximate surface area is 96.4 Å². The fourth-order valence-electron chi connectivity index (χ4n) is 1.64. The average molecular weight is 212 g/mol. The maximum absolute atomic E-state index is 4.02. The van der Waals surface area contributed by atoms with Crippen LogP contribution in [0.25, 0.3) is 0 Å². The molecule has 1 atom stereocenters. The van der Waals surface area contributed by atoms with E-state index in [1.165, 1.54) is 11.1 Å². The second kappa shape index (κ2) is 4.79. The Morgan fingerprint density at radius 3 is 2.25 bits per heavy atom. The quantitative estimate of drug-likeness (QED) is 0.841. The Morgan fingerprint density at radius 1 is 1.00 bits per heavy atom. The van der Waals surface area contributed by atoms with E-state index in [1.54, 1.807) is 0 Å². The first-order chi connectivity index (χ1) is 7.75. The minimum atomic E-state index is 0.297. The number of anilines is 1. The Bertz CT molecular complexity index is 434. The van der Waals surface area contributed by atoms with Crippen LogP contribution in [-0.4, -0.2) is 4.98 Å². The number of aryl methyl sites for hydroxylation is 1. The summed E-state index contributed by atoms with van der Waals surface area (Å²) in [5.74, 6) is 0. The van der Waals surface area contributed by atoms with Crippen LogP contribution in [0.5, 0.6) is 0 Å². The summed E-state index contributed by atoms with van der Waals surface area (Å²) >= 11 is 0. The zero-order chi connectivity index (χ0) is 11.4. The monoisotopic (exact) mass is 212 g/mol. The molecule has 1 aromatic heterocycles. The van der Waals surface area contributed by atoms with Gasteiger partial charge in [-0.2, -0.15) is 0 Å². The van der Waals surface area contributed by atoms with Gasteiger partial charge in [-0.1, -0.05) is 17.7 Å². The number of hydrogen-bond acceptors (Lipinski definition) is 2. The van der Waals surface area contributed by atoms with E-state index in [4.69, 9.17) is 0 Å². The molecule has 0 bridgehead atoms. The van der Waals surface area contributed by atoms with Gasteiger partial charge in [0.25, 0.3) is 0 Å². The van der Waals surface area contributed by atoms with E-state index in [-0.39, 0.29) is 0 Å². The van der Waals surface area contributed by atoms with Crippen LogP contribution >= 0.6 is 0 Å². The predicted octanol–water partition coefficient (Wildman–Crippen LogP) is 3.56. The summed E-state index contributed by atoms with van der Waals surface area (Å²) in [5, 5.41) is 3.46. The molecule has 1 unspecified atom stereocenters. The molecule has 0 saturated heterocycles. The SMILES string of the molecule is Cc1ccc(NC(C)c2ccncc2)cc1. The highest BCUT2D eigenvalue weighted by atomic mass is 14.9. The molecule has 0 aliphatic carbocycles. The topological polar surface area (TPSA) is 24.9 Å². The van der Waals surface area contributed by atoms with Crippen molar-refractivity contribution >= 4 is 5.69 Å². The van der Waals surface area contributed by atoms with Crippen molar-refractivity contribution in [3.8, 4) is 0 Å². The van der Waals surface area contributed by atoms with Crippen molar-refractivity contribution in [2.24, 2.45) is 0 Å². The molecular weight excluding hydrogens is 196 g/mol. The van der Waals surface area contributed by atoms with Gasteiger partial charge in [0.2, 0.25) is 0 Å². The first kappa shape index (κ1) is 10.7. The third-order valence-corrected chi connectivity index (χ3v) is 2.64. The van der Waals surface area contributed by atoms with Crippen LogP contribution in [0.1, 0.15) is 24.1 Å². The second-order valence-electron chi connectivity index (χ2n) is 4.01. The maximum Gasteiger partial charge on any atom is 0.0486 e. The molecule has 0 aliphatic rings. The molecule has 0 fully saturated rings. The van der Waals surface area contributed by atoms with Crippen LogP contribution in [0, 0.1) is 6.92 Å². The molecule has 0 aliphatic heterocycles. The van der Waals surface area contributed by atoms with E-state index >= 15 is 0 Å². The highest BCUT2D eigenvalue weighted by molar-refractivity contribution is 5.46. The highest BCUT2D eigenvalue weighted by Gasteiger charge is 2.03. The van der Waals surface area contributed by atoms with E-state index in [0.29, 0.717) is 6.04 Å². The zero-order valence-corrected chi connectivity index (χ0v) is 9.64. The van der Waals surface area contributed by atoms with Gasteiger partial charge in [-0.15, -0.1) is 0 Å². The lowest BCUT2D eigenvalue weighted by molar-refractivity contribution is 0.880. The van der Waals surface area contributed by atoms with E-state index in [0.717, 1.165) is 5.69 Å². The molecule has 0 radical (unpaired) electrons. The Hall–Kier alpha value is -1.83. The van der Waals surface area contributed by atoms with Crippen molar-refractivity contribution in [3.05, 3.63) is 59.9 Å². The van der Waals surface area contributed by atoms with E-state index in [2.05, 4.69) is 48.4 Å². The molecule has 16 heavy (non-hydrogen) atoms. The fourth-order valence-corrected chi connectivity index (χ4v) is 1.64. The minimum Gasteiger partial charge on any atom is -0.379 e. The summed E-state index contributed by atoms with van der Waals surface area (Å²) in [6.07, 6.45) is 3.64. The summed E-state index contributed by atoms with van der Waals surface area (Å²) in [7, 11) is 0. The molecular formula is C14H16N2. The number of benzene rings is 1. The van der Waals surface area contributed by atoms with Crippen molar-refractivity contribution in [2.45, 2.75) is 19.9 Å². The lowest BCUT2D eigenvalue weighted by Gasteiger charge is -2.15. The number of hydrogen-bond donors (Lipinski definition) is 1. The smallest absolute Gasteiger partial charge is 0.0486 e. The van der Waals surface area contributed by atoms with Gasteiger partial charge in [0.15, 0.2) is 0 Å². The number of nitrogens with one attached hydrogen (secondary N) is 1. The standard InChI is InChI=1S/C14H16N2/c1-11-3-5-14(6-4-11)16-12(2)13-7-9-15-10-8-13/h3-10,12,16H,1-2H3. The maximum atomic E-state index is 4.02. The van der Waals surface area contributed by atoms with Gasteiger partial charge in [-0.25, -0.2) is 0 Å². The van der Waals surface area contributed by atoms with Crippen LogP contribution < -0.4 is 5.32 Å². The van der Waals surface area contributed by atoms with Crippen molar-refractivity contribution < 1.29 is 0 Å². The molecule has 1 aromatic carbocycles. The van der Waals surface area contributed by atoms with E-state index in [9.17, 15) is 0 Å². The number of aromatic nitrogens is 1. The van der Waals surface area contributed by atoms with Crippen molar-refractivity contribution in [2.75, 3.05) is 5.32 Å². The molecule has 2 rings (SSSR count). The van der Waals surface area contributed by atoms with Crippen LogP contribution in [-0.2, 0) is 0 Å². The Morgan fingerprint density at radius 2 is 1.62 bits per heavy atom. The molecule has 2 nitrogen and oxygen atoms in total. The lowest BCUT2D eigenvalue weighted by Crippen LogP contribution is -2.06. The van der Waals surface area contributed by atoms with Crippen molar-refractivity contribution in [1.82, 2.24) is 4.98 Å². The molecule has 2 heteroatoms. The summed E-state index contributed by atoms with van der Waals surface area (Å²) in [6.45, 7) is 4.24. The van der Waals surface area contributed by atoms with Gasteiger partial charge in [0.05, 0.1) is 0 Å². The zero-order valence-electron chi connectivity index (χ0n) is 9.64. The summed E-state index contributed by atoms with van der Waals surface area (Å²) in [4.78, 5) is 4.02. The Balaban J connectivity index is 2.08. The third kappa shape index (κ3) is 2.60. The summed E-state index contributed by atoms with van der Waals surface area (Å²) < 4.78 is 0. The fraction of sp³-hybridized carbons (Fsp3) is 0.214. The van der Waals surface area contributed by atoms with Gasteiger partial charge in [0.1, 0.15) is 0 Å². The Kier molecular flexibility index (Phi) is 3.20. The average Bonchev–Trinajstić information content (AvgIpc) is 2.33. The van der Waals surface area contributed by atoms with Crippen molar-refractivity contribution in [1.29, 1.82) is 0 Å². The molecule has 0 amide bonds. The van der Waals surface area contributed by atoms with Crippen LogP contribution in [0.3, 0.4) is 0 Å². The van der Waals surface area contributed by atoms with E-state index in [1.807, 2.05) is 24.5 Å². The summed E-state index contributed by atoms with van der Waals surface area (Å²) in [5.41, 5.74) is 3.67. The van der Waals surface area contributed by atoms with Gasteiger partial charge in [0, 0.05) is 24.1 Å². The first-order valence-electron chi connectivity index (χ1n) is 5.49. The molecule has 2 aromatic rings. The van der Waals surface area contributed by atoms with Gasteiger partial charge in [-0.3, -0.25) is 4.98 Å². The number of rotatable bonds is 3. The molecule has 0 saturated carbocycles. The van der Waals surface area contributed by atoms with Crippen LogP contribution in [0.15, 0.2) is 48.8 Å². The van der Waals surface area contributed by atoms with Crippen molar-refractivity contribution in [3.63, 3.8) is 0 Å². The van der Waals surface area contributed by atoms with Crippen LogP contribution in [0.2, 0.25) is 0 Å². The van der Waals surface area contributed by atoms with Gasteiger partial charge in [-0.05, 0) is 43.7 Å². The lowest BCUT2D eigenvalue weighted by atomic mass is 10.1. The normalized spacial score (nSPS) is 12.1. The molecule has 82 valence electrons. The molecule has 0 spiro atoms. The third-order valence-electron chi connectivity index (χ3n) is 2.64. The van der Waals surface area contributed by atoms with E-state index < -0.39 is 0 Å². The predicted molar refractivity (Wildman–Crippen MR) is 67.5 cm³/mol. The van der Waals surface area contributed by atoms with Crippen LogP contribution in [0.4, 0.5) is 5.69 Å². The molecule has 1 N–H and O–H groups in total. The number of pyridine rings is 1. The van der Waals surface area contributed by atoms with Gasteiger partial charge >= 0.3 is 0 Å². The second-order valence-corrected chi connectivity index (χ2v) is 4.01. The highest BCUT2D eigenvalue weighted by Crippen LogP contribution is 2.18. The molecule has 1 heterocycles. The first-order valence-corrected chi connectivity index (χ1v) is 5.49. The van der Waals surface area contributed by atoms with Gasteiger partial charge < -0.3 is 5.32 Å².